The van der Waals surface area contributed by atoms with Gasteiger partial charge in [0.2, 0.25) is 11.8 Å². The van der Waals surface area contributed by atoms with E-state index in [-0.39, 0.29) is 17.9 Å². The van der Waals surface area contributed by atoms with Crippen LogP contribution in [-0.4, -0.2) is 46.8 Å². The van der Waals surface area contributed by atoms with E-state index in [0.29, 0.717) is 44.4 Å². The van der Waals surface area contributed by atoms with E-state index < -0.39 is 5.60 Å². The maximum absolute atomic E-state index is 12.3. The Kier molecular flexibility index (Phi) is 10.5. The third-order valence-corrected chi connectivity index (χ3v) is 6.56. The fourth-order valence-electron chi connectivity index (χ4n) is 4.45. The smallest absolute Gasteiger partial charge is 0.308 e. The summed E-state index contributed by atoms with van der Waals surface area (Å²) in [6, 6.07) is 12.1. The lowest BCUT2D eigenvalue weighted by atomic mass is 9.92. The molecule has 1 unspecified atom stereocenters. The Bertz CT molecular complexity index is 1150. The maximum atomic E-state index is 12.3. The second kappa shape index (κ2) is 13.6. The number of aromatic nitrogens is 1. The predicted octanol–water partition coefficient (Wildman–Crippen LogP) is 6.21. The van der Waals surface area contributed by atoms with Crippen molar-refractivity contribution in [2.45, 2.75) is 85.5 Å². The summed E-state index contributed by atoms with van der Waals surface area (Å²) in [5, 5.41) is 9.87. The van der Waals surface area contributed by atoms with E-state index in [2.05, 4.69) is 24.0 Å². The molecule has 1 aromatic carbocycles. The largest absolute Gasteiger partial charge is 0.478 e. The number of hydrogen-bond acceptors (Lipinski definition) is 7. The molecule has 1 aliphatic heterocycles. The Labute approximate surface area is 227 Å². The molecule has 2 atom stereocenters. The molecule has 0 radical (unpaired) electrons. The van der Waals surface area contributed by atoms with E-state index in [4.69, 9.17) is 19.2 Å². The van der Waals surface area contributed by atoms with Gasteiger partial charge in [-0.25, -0.2) is 9.98 Å². The molecule has 0 aliphatic carbocycles. The summed E-state index contributed by atoms with van der Waals surface area (Å²) in [4.78, 5) is 21.6. The molecule has 7 heteroatoms. The van der Waals surface area contributed by atoms with Crippen LogP contribution in [0.25, 0.3) is 11.1 Å². The third kappa shape index (κ3) is 8.98. The lowest BCUT2D eigenvalue weighted by molar-refractivity contribution is -0.148. The van der Waals surface area contributed by atoms with E-state index in [1.807, 2.05) is 51.1 Å². The molecule has 0 saturated carbocycles. The van der Waals surface area contributed by atoms with Crippen LogP contribution >= 0.6 is 0 Å². The van der Waals surface area contributed by atoms with Crippen LogP contribution in [0.4, 0.5) is 0 Å². The molecule has 1 N–H and O–H groups in total. The highest BCUT2D eigenvalue weighted by Gasteiger charge is 2.25. The zero-order valence-corrected chi connectivity index (χ0v) is 23.6. The van der Waals surface area contributed by atoms with Gasteiger partial charge in [0.25, 0.3) is 0 Å². The zero-order chi connectivity index (χ0) is 27.7. The summed E-state index contributed by atoms with van der Waals surface area (Å²) in [7, 11) is 0. The minimum Gasteiger partial charge on any atom is -0.478 e. The number of hydrogen-bond donors (Lipinski definition) is 1. The quantitative estimate of drug-likeness (QED) is 0.333. The number of dihydropyridines is 1. The summed E-state index contributed by atoms with van der Waals surface area (Å²) in [5.74, 6) is 0.862. The highest BCUT2D eigenvalue weighted by molar-refractivity contribution is 5.89. The highest BCUT2D eigenvalue weighted by Crippen LogP contribution is 2.27. The minimum absolute atomic E-state index is 0.00796. The topological polar surface area (TPSA) is 90.2 Å². The van der Waals surface area contributed by atoms with Crippen LogP contribution in [0.15, 0.2) is 53.0 Å². The normalized spacial score (nSPS) is 16.3. The first-order valence-corrected chi connectivity index (χ1v) is 13.5. The Morgan fingerprint density at radius 2 is 1.95 bits per heavy atom. The van der Waals surface area contributed by atoms with Crippen LogP contribution in [0.2, 0.25) is 0 Å². The van der Waals surface area contributed by atoms with Gasteiger partial charge in [0.1, 0.15) is 6.61 Å². The summed E-state index contributed by atoms with van der Waals surface area (Å²) in [6.07, 6.45) is 4.73. The SMILES string of the molecule is CCOC(=O)[C@@H](CC)CC1CC(C)=CC(OCc2cccc(-c3ccc(OCCC(C)(C)O)nc3C)c2)=N1. The molecule has 0 spiro atoms. The summed E-state index contributed by atoms with van der Waals surface area (Å²) < 4.78 is 17.1. The van der Waals surface area contributed by atoms with Crippen LogP contribution in [0.3, 0.4) is 0 Å². The van der Waals surface area contributed by atoms with Gasteiger partial charge in [-0.05, 0) is 83.2 Å². The maximum Gasteiger partial charge on any atom is 0.308 e. The van der Waals surface area contributed by atoms with Gasteiger partial charge in [0, 0.05) is 23.7 Å². The average molecular weight is 523 g/mol. The number of nitrogens with zero attached hydrogens (tertiary/aromatic N) is 2. The van der Waals surface area contributed by atoms with Gasteiger partial charge in [-0.1, -0.05) is 30.7 Å². The van der Waals surface area contributed by atoms with Gasteiger partial charge in [-0.2, -0.15) is 0 Å². The third-order valence-electron chi connectivity index (χ3n) is 6.56. The number of esters is 1. The van der Waals surface area contributed by atoms with E-state index in [0.717, 1.165) is 35.2 Å². The number of aliphatic hydroxyl groups is 1. The molecule has 2 aromatic rings. The lowest BCUT2D eigenvalue weighted by Crippen LogP contribution is -2.24. The molecule has 38 heavy (non-hydrogen) atoms. The average Bonchev–Trinajstić information content (AvgIpc) is 2.85. The van der Waals surface area contributed by atoms with Crippen LogP contribution < -0.4 is 4.74 Å². The Morgan fingerprint density at radius 1 is 1.16 bits per heavy atom. The number of pyridine rings is 1. The first-order valence-electron chi connectivity index (χ1n) is 13.5. The van der Waals surface area contributed by atoms with Gasteiger partial charge < -0.3 is 19.3 Å². The standard InChI is InChI=1S/C31H42N2O5/c1-7-24(30(34)36-8-2)19-26-16-21(3)17-29(33-26)38-20-23-10-9-11-25(18-23)27-12-13-28(32-22(27)4)37-15-14-31(5,6)35/h9-13,17-18,24,26,35H,7-8,14-16,19-20H2,1-6H3/t24-,26?/m0/s1. The number of rotatable bonds is 12. The van der Waals surface area contributed by atoms with Crippen molar-refractivity contribution in [3.8, 4) is 17.0 Å². The van der Waals surface area contributed by atoms with E-state index in [9.17, 15) is 9.90 Å². The molecular weight excluding hydrogens is 480 g/mol. The van der Waals surface area contributed by atoms with Gasteiger partial charge in [-0.15, -0.1) is 0 Å². The molecule has 0 bridgehead atoms. The van der Waals surface area contributed by atoms with Crippen molar-refractivity contribution in [1.29, 1.82) is 0 Å². The molecule has 2 heterocycles. The van der Waals surface area contributed by atoms with Gasteiger partial charge >= 0.3 is 5.97 Å². The van der Waals surface area contributed by atoms with Gasteiger partial charge in [-0.3, -0.25) is 4.79 Å². The minimum atomic E-state index is -0.767. The van der Waals surface area contributed by atoms with Gasteiger partial charge in [0.05, 0.1) is 30.8 Å². The Hall–Kier alpha value is -3.19. The summed E-state index contributed by atoms with van der Waals surface area (Å²) in [5.41, 5.74) is 4.40. The molecule has 7 nitrogen and oxygen atoms in total. The van der Waals surface area contributed by atoms with Crippen LogP contribution in [0, 0.1) is 12.8 Å². The fourth-order valence-corrected chi connectivity index (χ4v) is 4.45. The van der Waals surface area contributed by atoms with Crippen molar-refractivity contribution >= 4 is 11.9 Å². The van der Waals surface area contributed by atoms with Crippen molar-refractivity contribution in [3.05, 3.63) is 59.3 Å². The summed E-state index contributed by atoms with van der Waals surface area (Å²) >= 11 is 0. The second-order valence-electron chi connectivity index (χ2n) is 10.6. The number of carbonyl (C=O) groups excluding carboxylic acids is 1. The highest BCUT2D eigenvalue weighted by atomic mass is 16.5. The van der Waals surface area contributed by atoms with Crippen molar-refractivity contribution < 1.29 is 24.1 Å². The van der Waals surface area contributed by atoms with Crippen molar-refractivity contribution in [2.75, 3.05) is 13.2 Å². The second-order valence-corrected chi connectivity index (χ2v) is 10.6. The number of ether oxygens (including phenoxy) is 3. The van der Waals surface area contributed by atoms with Crippen molar-refractivity contribution in [2.24, 2.45) is 10.9 Å². The van der Waals surface area contributed by atoms with Crippen LogP contribution in [-0.2, 0) is 20.9 Å². The van der Waals surface area contributed by atoms with Crippen LogP contribution in [0.5, 0.6) is 5.88 Å². The molecule has 0 amide bonds. The van der Waals surface area contributed by atoms with Crippen LogP contribution in [0.1, 0.15) is 71.6 Å². The van der Waals surface area contributed by atoms with E-state index in [1.54, 1.807) is 13.8 Å². The zero-order valence-electron chi connectivity index (χ0n) is 23.6. The van der Waals surface area contributed by atoms with Crippen molar-refractivity contribution in [1.82, 2.24) is 4.98 Å². The number of carbonyl (C=O) groups is 1. The molecular formula is C31H42N2O5. The number of aryl methyl sites for hydroxylation is 1. The van der Waals surface area contributed by atoms with Gasteiger partial charge in [0.15, 0.2) is 0 Å². The molecule has 1 aliphatic rings. The molecule has 1 aromatic heterocycles. The Morgan fingerprint density at radius 3 is 2.63 bits per heavy atom. The summed E-state index contributed by atoms with van der Waals surface area (Å²) in [6.45, 7) is 12.6. The monoisotopic (exact) mass is 522 g/mol. The molecule has 3 rings (SSSR count). The number of benzene rings is 1. The fraction of sp³-hybridized carbons (Fsp3) is 0.516. The first kappa shape index (κ1) is 29.4. The molecule has 0 fully saturated rings. The van der Waals surface area contributed by atoms with E-state index in [1.165, 1.54) is 5.57 Å². The van der Waals surface area contributed by atoms with E-state index >= 15 is 0 Å². The number of aliphatic imine (C=N–C) groups is 1. The van der Waals surface area contributed by atoms with Crippen molar-refractivity contribution in [3.63, 3.8) is 0 Å². The first-order chi connectivity index (χ1) is 18.1. The molecule has 0 saturated heterocycles. The molecule has 206 valence electrons. The predicted molar refractivity (Wildman–Crippen MR) is 150 cm³/mol. The Balaban J connectivity index is 1.64. The lowest BCUT2D eigenvalue weighted by Gasteiger charge is -2.23.